The fourth-order valence-electron chi connectivity index (χ4n) is 0.651. The molecule has 6 heteroatoms. The van der Waals surface area contributed by atoms with Crippen LogP contribution in [0.5, 0.6) is 0 Å². The summed E-state index contributed by atoms with van der Waals surface area (Å²) >= 11 is 6.58. The van der Waals surface area contributed by atoms with Crippen LogP contribution in [0, 0.1) is 0 Å². The van der Waals surface area contributed by atoms with Crippen LogP contribution in [0.1, 0.15) is 17.4 Å². The van der Waals surface area contributed by atoms with Crippen LogP contribution >= 0.6 is 22.9 Å². The van der Waals surface area contributed by atoms with Crippen molar-refractivity contribution in [2.45, 2.75) is 6.92 Å². The molecule has 0 saturated heterocycles. The van der Waals surface area contributed by atoms with Crippen molar-refractivity contribution in [2.24, 2.45) is 0 Å². The molecule has 0 radical (unpaired) electrons. The van der Waals surface area contributed by atoms with Gasteiger partial charge in [0.05, 0.1) is 6.61 Å². The number of hydrogen-bond donors (Lipinski definition) is 1. The van der Waals surface area contributed by atoms with E-state index in [-0.39, 0.29) is 10.2 Å². The van der Waals surface area contributed by atoms with E-state index in [1.54, 1.807) is 6.92 Å². The van der Waals surface area contributed by atoms with Gasteiger partial charge in [0.15, 0.2) is 10.2 Å². The first-order chi connectivity index (χ1) is 5.65. The molecular weight excluding hydrogens is 200 g/mol. The largest absolute Gasteiger partial charge is 0.461 e. The lowest BCUT2D eigenvalue weighted by Crippen LogP contribution is -2.07. The summed E-state index contributed by atoms with van der Waals surface area (Å²) in [5.74, 6) is -0.529. The number of nitrogen functional groups attached to an aromatic ring is 1. The standard InChI is InChI=1S/C6H7ClN2O2S/c1-2-11-5(10)3-4(8)12-6(7)9-3/h2,8H2,1H3. The molecule has 1 rings (SSSR count). The van der Waals surface area contributed by atoms with Gasteiger partial charge in [-0.25, -0.2) is 9.78 Å². The highest BCUT2D eigenvalue weighted by Crippen LogP contribution is 2.25. The lowest BCUT2D eigenvalue weighted by molar-refractivity contribution is 0.0521. The Morgan fingerprint density at radius 1 is 1.83 bits per heavy atom. The molecule has 0 aliphatic carbocycles. The smallest absolute Gasteiger partial charge is 0.360 e. The van der Waals surface area contributed by atoms with Crippen LogP contribution in [0.15, 0.2) is 0 Å². The predicted molar refractivity (Wildman–Crippen MR) is 47.5 cm³/mol. The number of halogens is 1. The second kappa shape index (κ2) is 3.73. The zero-order chi connectivity index (χ0) is 9.14. The van der Waals surface area contributed by atoms with Crippen LogP contribution in [0.25, 0.3) is 0 Å². The molecule has 0 atom stereocenters. The quantitative estimate of drug-likeness (QED) is 0.746. The molecule has 12 heavy (non-hydrogen) atoms. The molecule has 66 valence electrons. The topological polar surface area (TPSA) is 65.2 Å². The number of aromatic nitrogens is 1. The molecule has 0 aliphatic heterocycles. The van der Waals surface area contributed by atoms with E-state index in [9.17, 15) is 4.79 Å². The minimum Gasteiger partial charge on any atom is -0.461 e. The van der Waals surface area contributed by atoms with E-state index in [1.165, 1.54) is 0 Å². The summed E-state index contributed by atoms with van der Waals surface area (Å²) in [6.07, 6.45) is 0. The third-order valence-electron chi connectivity index (χ3n) is 1.10. The first-order valence-corrected chi connectivity index (χ1v) is 4.43. The average Bonchev–Trinajstić information content (AvgIpc) is 2.30. The van der Waals surface area contributed by atoms with Gasteiger partial charge in [-0.05, 0) is 6.92 Å². The van der Waals surface area contributed by atoms with E-state index < -0.39 is 5.97 Å². The molecule has 1 aromatic heterocycles. The highest BCUT2D eigenvalue weighted by atomic mass is 35.5. The number of ether oxygens (including phenoxy) is 1. The van der Waals surface area contributed by atoms with Gasteiger partial charge in [0.25, 0.3) is 0 Å². The molecule has 0 fully saturated rings. The van der Waals surface area contributed by atoms with Crippen molar-refractivity contribution in [1.29, 1.82) is 0 Å². The van der Waals surface area contributed by atoms with Crippen LogP contribution in [0.3, 0.4) is 0 Å². The Balaban J connectivity index is 2.87. The van der Waals surface area contributed by atoms with Crippen molar-refractivity contribution in [3.8, 4) is 0 Å². The van der Waals surface area contributed by atoms with Crippen LogP contribution in [-0.2, 0) is 4.74 Å². The lowest BCUT2D eigenvalue weighted by atomic mass is 10.5. The molecule has 4 nitrogen and oxygen atoms in total. The van der Waals surface area contributed by atoms with Crippen molar-refractivity contribution >= 4 is 33.9 Å². The summed E-state index contributed by atoms with van der Waals surface area (Å²) in [5.41, 5.74) is 5.55. The van der Waals surface area contributed by atoms with E-state index in [0.717, 1.165) is 11.3 Å². The monoisotopic (exact) mass is 206 g/mol. The van der Waals surface area contributed by atoms with Crippen molar-refractivity contribution in [3.05, 3.63) is 10.2 Å². The molecule has 0 unspecified atom stereocenters. The molecule has 2 N–H and O–H groups in total. The van der Waals surface area contributed by atoms with Crippen molar-refractivity contribution in [3.63, 3.8) is 0 Å². The van der Waals surface area contributed by atoms with Crippen LogP contribution in [0.2, 0.25) is 4.47 Å². The van der Waals surface area contributed by atoms with Gasteiger partial charge in [-0.15, -0.1) is 0 Å². The Kier molecular flexibility index (Phi) is 2.88. The van der Waals surface area contributed by atoms with E-state index in [0.29, 0.717) is 11.6 Å². The minimum absolute atomic E-state index is 0.104. The molecule has 1 heterocycles. The van der Waals surface area contributed by atoms with E-state index in [2.05, 4.69) is 9.72 Å². The maximum absolute atomic E-state index is 11.1. The van der Waals surface area contributed by atoms with E-state index in [4.69, 9.17) is 17.3 Å². The van der Waals surface area contributed by atoms with Gasteiger partial charge in [-0.2, -0.15) is 0 Å². The number of thiazole rings is 1. The lowest BCUT2D eigenvalue weighted by Gasteiger charge is -1.97. The molecule has 0 spiro atoms. The number of hydrogen-bond acceptors (Lipinski definition) is 5. The normalized spacial score (nSPS) is 9.83. The second-order valence-electron chi connectivity index (χ2n) is 1.90. The Hall–Kier alpha value is -0.810. The van der Waals surface area contributed by atoms with Gasteiger partial charge in [-0.3, -0.25) is 0 Å². The highest BCUT2D eigenvalue weighted by Gasteiger charge is 2.15. The maximum atomic E-state index is 11.1. The van der Waals surface area contributed by atoms with Crippen LogP contribution < -0.4 is 5.73 Å². The van der Waals surface area contributed by atoms with E-state index in [1.807, 2.05) is 0 Å². The molecule has 0 aliphatic rings. The summed E-state index contributed by atoms with van der Waals surface area (Å²) in [7, 11) is 0. The van der Waals surface area contributed by atoms with Gasteiger partial charge in [0.1, 0.15) is 5.00 Å². The molecule has 1 aromatic rings. The summed E-state index contributed by atoms with van der Waals surface area (Å²) in [4.78, 5) is 14.8. The van der Waals surface area contributed by atoms with Gasteiger partial charge < -0.3 is 10.5 Å². The molecule has 0 aromatic carbocycles. The molecule has 0 bridgehead atoms. The molecule has 0 amide bonds. The summed E-state index contributed by atoms with van der Waals surface area (Å²) in [5, 5.41) is 0.290. The number of rotatable bonds is 2. The first-order valence-electron chi connectivity index (χ1n) is 3.24. The van der Waals surface area contributed by atoms with Gasteiger partial charge in [-0.1, -0.05) is 22.9 Å². The molecule has 0 saturated carbocycles. The minimum atomic E-state index is -0.529. The van der Waals surface area contributed by atoms with Crippen molar-refractivity contribution in [2.75, 3.05) is 12.3 Å². The van der Waals surface area contributed by atoms with Gasteiger partial charge in [0.2, 0.25) is 0 Å². The van der Waals surface area contributed by atoms with Crippen LogP contribution in [-0.4, -0.2) is 17.6 Å². The van der Waals surface area contributed by atoms with Crippen molar-refractivity contribution in [1.82, 2.24) is 4.98 Å². The summed E-state index contributed by atoms with van der Waals surface area (Å²) in [6.45, 7) is 2.01. The average molecular weight is 207 g/mol. The number of carbonyl (C=O) groups excluding carboxylic acids is 1. The van der Waals surface area contributed by atoms with Gasteiger partial charge >= 0.3 is 5.97 Å². The first kappa shape index (κ1) is 9.28. The third-order valence-corrected chi connectivity index (χ3v) is 2.09. The third kappa shape index (κ3) is 1.86. The Morgan fingerprint density at radius 2 is 2.50 bits per heavy atom. The molecular formula is C6H7ClN2O2S. The Morgan fingerprint density at radius 3 is 2.92 bits per heavy atom. The van der Waals surface area contributed by atoms with Crippen LogP contribution in [0.4, 0.5) is 5.00 Å². The maximum Gasteiger partial charge on any atom is 0.360 e. The predicted octanol–water partition coefficient (Wildman–Crippen LogP) is 1.56. The summed E-state index contributed by atoms with van der Waals surface area (Å²) < 4.78 is 4.93. The Labute approximate surface area is 78.3 Å². The van der Waals surface area contributed by atoms with Gasteiger partial charge in [0, 0.05) is 0 Å². The van der Waals surface area contributed by atoms with Crippen molar-refractivity contribution < 1.29 is 9.53 Å². The second-order valence-corrected chi connectivity index (χ2v) is 3.51. The highest BCUT2D eigenvalue weighted by molar-refractivity contribution is 7.19. The fourth-order valence-corrected chi connectivity index (χ4v) is 1.53. The zero-order valence-corrected chi connectivity index (χ0v) is 7.91. The number of esters is 1. The SMILES string of the molecule is CCOC(=O)c1nc(Cl)sc1N. The fraction of sp³-hybridized carbons (Fsp3) is 0.333. The van der Waals surface area contributed by atoms with E-state index >= 15 is 0 Å². The Bertz CT molecular complexity index is 300. The zero-order valence-electron chi connectivity index (χ0n) is 6.33. The number of nitrogens with two attached hydrogens (primary N) is 1. The number of anilines is 1. The number of carbonyl (C=O) groups is 1. The number of nitrogens with zero attached hydrogens (tertiary/aromatic N) is 1. The summed E-state index contributed by atoms with van der Waals surface area (Å²) in [6, 6.07) is 0.